The highest BCUT2D eigenvalue weighted by Crippen LogP contribution is 2.30. The summed E-state index contributed by atoms with van der Waals surface area (Å²) in [7, 11) is 0. The molecule has 0 aliphatic heterocycles. The molecule has 144 valence electrons. The molecule has 1 heterocycles. The lowest BCUT2D eigenvalue weighted by Gasteiger charge is -2.23. The molecule has 1 fully saturated rings. The Morgan fingerprint density at radius 3 is 2.46 bits per heavy atom. The largest absolute Gasteiger partial charge is 0.331 e. The van der Waals surface area contributed by atoms with Crippen LogP contribution in [0.1, 0.15) is 45.7 Å². The van der Waals surface area contributed by atoms with Crippen LogP contribution in [0, 0.1) is 19.7 Å². The molecular weight excluding hydrogens is 353 g/mol. The molecular formula is C23H24FN3O. The summed E-state index contributed by atoms with van der Waals surface area (Å²) < 4.78 is 16.0. The van der Waals surface area contributed by atoms with Gasteiger partial charge in [0.2, 0.25) is 0 Å². The highest BCUT2D eigenvalue weighted by Gasteiger charge is 2.33. The van der Waals surface area contributed by atoms with Crippen LogP contribution < -0.4 is 0 Å². The van der Waals surface area contributed by atoms with Crippen LogP contribution in [0.2, 0.25) is 0 Å². The first kappa shape index (κ1) is 18.4. The van der Waals surface area contributed by atoms with Gasteiger partial charge in [0.25, 0.3) is 5.91 Å². The Morgan fingerprint density at radius 2 is 1.86 bits per heavy atom. The molecule has 1 saturated carbocycles. The molecule has 0 saturated heterocycles. The zero-order valence-corrected chi connectivity index (χ0v) is 16.2. The number of hydrogen-bond acceptors (Lipinski definition) is 2. The number of hydrogen-bond donors (Lipinski definition) is 0. The number of aromatic nitrogens is 2. The normalized spacial score (nSPS) is 13.5. The van der Waals surface area contributed by atoms with E-state index < -0.39 is 0 Å². The fraction of sp³-hybridized carbons (Fsp3) is 0.304. The third-order valence-corrected chi connectivity index (χ3v) is 5.18. The Balaban J connectivity index is 1.50. The highest BCUT2D eigenvalue weighted by atomic mass is 19.1. The van der Waals surface area contributed by atoms with Crippen molar-refractivity contribution < 1.29 is 9.18 Å². The molecule has 4 rings (SSSR count). The topological polar surface area (TPSA) is 38.1 Å². The van der Waals surface area contributed by atoms with E-state index in [1.165, 1.54) is 6.07 Å². The average molecular weight is 377 g/mol. The zero-order chi connectivity index (χ0) is 19.7. The number of rotatable bonds is 6. The van der Waals surface area contributed by atoms with Gasteiger partial charge in [0.15, 0.2) is 0 Å². The van der Waals surface area contributed by atoms with Crippen molar-refractivity contribution in [3.8, 4) is 0 Å². The SMILES string of the molecule is Cc1cc(C)n(Cc2ccc(C(=O)N(Cc3ccccc3F)C3CC3)cc2)n1. The predicted octanol–water partition coefficient (Wildman–Crippen LogP) is 4.49. The maximum Gasteiger partial charge on any atom is 0.254 e. The van der Waals surface area contributed by atoms with Crippen molar-refractivity contribution in [2.24, 2.45) is 0 Å². The summed E-state index contributed by atoms with van der Waals surface area (Å²) in [5.74, 6) is -0.301. The lowest BCUT2D eigenvalue weighted by molar-refractivity contribution is 0.0728. The van der Waals surface area contributed by atoms with Crippen molar-refractivity contribution in [3.63, 3.8) is 0 Å². The Morgan fingerprint density at radius 1 is 1.14 bits per heavy atom. The molecule has 0 N–H and O–H groups in total. The van der Waals surface area contributed by atoms with Gasteiger partial charge in [-0.3, -0.25) is 9.48 Å². The summed E-state index contributed by atoms with van der Waals surface area (Å²) in [6.07, 6.45) is 1.96. The van der Waals surface area contributed by atoms with Crippen LogP contribution in [0.3, 0.4) is 0 Å². The fourth-order valence-electron chi connectivity index (χ4n) is 3.49. The third-order valence-electron chi connectivity index (χ3n) is 5.18. The van der Waals surface area contributed by atoms with E-state index in [0.29, 0.717) is 24.2 Å². The van der Waals surface area contributed by atoms with E-state index in [-0.39, 0.29) is 17.8 Å². The first-order valence-electron chi connectivity index (χ1n) is 9.65. The van der Waals surface area contributed by atoms with Gasteiger partial charge in [0.05, 0.1) is 12.2 Å². The van der Waals surface area contributed by atoms with Crippen LogP contribution in [0.25, 0.3) is 0 Å². The van der Waals surface area contributed by atoms with Gasteiger partial charge >= 0.3 is 0 Å². The van der Waals surface area contributed by atoms with E-state index in [1.807, 2.05) is 54.9 Å². The van der Waals surface area contributed by atoms with E-state index in [0.717, 1.165) is 29.8 Å². The fourth-order valence-corrected chi connectivity index (χ4v) is 3.49. The zero-order valence-electron chi connectivity index (χ0n) is 16.2. The minimum Gasteiger partial charge on any atom is -0.331 e. The lowest BCUT2D eigenvalue weighted by Crippen LogP contribution is -2.32. The molecule has 1 amide bonds. The van der Waals surface area contributed by atoms with Crippen LogP contribution in [-0.2, 0) is 13.1 Å². The molecule has 0 spiro atoms. The quantitative estimate of drug-likeness (QED) is 0.635. The Hall–Kier alpha value is -2.95. The van der Waals surface area contributed by atoms with Crippen molar-refractivity contribution in [1.29, 1.82) is 0 Å². The standard InChI is InChI=1S/C23H24FN3O/c1-16-13-17(2)27(25-16)14-18-7-9-19(10-8-18)23(28)26(21-11-12-21)15-20-5-3-4-6-22(20)24/h3-10,13,21H,11-12,14-15H2,1-2H3. The Labute approximate surface area is 164 Å². The second-order valence-corrected chi connectivity index (χ2v) is 7.54. The molecule has 1 aliphatic carbocycles. The summed E-state index contributed by atoms with van der Waals surface area (Å²) in [5, 5.41) is 4.48. The number of aryl methyl sites for hydroxylation is 2. The number of carbonyl (C=O) groups is 1. The number of halogens is 1. The maximum absolute atomic E-state index is 14.0. The van der Waals surface area contributed by atoms with Gasteiger partial charge in [-0.25, -0.2) is 4.39 Å². The summed E-state index contributed by atoms with van der Waals surface area (Å²) in [6, 6.07) is 16.6. The molecule has 1 aromatic heterocycles. The van der Waals surface area contributed by atoms with Crippen LogP contribution in [0.15, 0.2) is 54.6 Å². The van der Waals surface area contributed by atoms with E-state index >= 15 is 0 Å². The predicted molar refractivity (Wildman–Crippen MR) is 107 cm³/mol. The van der Waals surface area contributed by atoms with Gasteiger partial charge < -0.3 is 4.90 Å². The van der Waals surface area contributed by atoms with Crippen molar-refractivity contribution in [2.75, 3.05) is 0 Å². The molecule has 0 bridgehead atoms. The van der Waals surface area contributed by atoms with Gasteiger partial charge in [-0.05, 0) is 56.5 Å². The molecule has 0 atom stereocenters. The molecule has 0 unspecified atom stereocenters. The number of benzene rings is 2. The number of carbonyl (C=O) groups excluding carboxylic acids is 1. The van der Waals surface area contributed by atoms with Gasteiger partial charge in [0.1, 0.15) is 5.82 Å². The van der Waals surface area contributed by atoms with Gasteiger partial charge in [-0.15, -0.1) is 0 Å². The monoisotopic (exact) mass is 377 g/mol. The minimum absolute atomic E-state index is 0.0385. The summed E-state index contributed by atoms with van der Waals surface area (Å²) in [4.78, 5) is 14.9. The lowest BCUT2D eigenvalue weighted by atomic mass is 10.1. The second kappa shape index (κ2) is 7.58. The average Bonchev–Trinajstić information content (AvgIpc) is 3.47. The molecule has 28 heavy (non-hydrogen) atoms. The van der Waals surface area contributed by atoms with Gasteiger partial charge in [-0.1, -0.05) is 30.3 Å². The molecule has 0 radical (unpaired) electrons. The van der Waals surface area contributed by atoms with E-state index in [4.69, 9.17) is 0 Å². The van der Waals surface area contributed by atoms with Crippen molar-refractivity contribution in [1.82, 2.24) is 14.7 Å². The molecule has 2 aromatic carbocycles. The minimum atomic E-state index is -0.263. The van der Waals surface area contributed by atoms with E-state index in [1.54, 1.807) is 17.0 Å². The summed E-state index contributed by atoms with van der Waals surface area (Å²) in [6.45, 7) is 5.00. The molecule has 5 heteroatoms. The van der Waals surface area contributed by atoms with Crippen LogP contribution >= 0.6 is 0 Å². The Bertz CT molecular complexity index is 989. The maximum atomic E-state index is 14.0. The number of amides is 1. The first-order valence-corrected chi connectivity index (χ1v) is 9.65. The number of nitrogens with zero attached hydrogens (tertiary/aromatic N) is 3. The first-order chi connectivity index (χ1) is 13.5. The van der Waals surface area contributed by atoms with Crippen molar-refractivity contribution in [2.45, 2.75) is 45.8 Å². The molecule has 3 aromatic rings. The van der Waals surface area contributed by atoms with Crippen LogP contribution in [0.4, 0.5) is 4.39 Å². The van der Waals surface area contributed by atoms with Crippen molar-refractivity contribution in [3.05, 3.63) is 88.5 Å². The highest BCUT2D eigenvalue weighted by molar-refractivity contribution is 5.94. The van der Waals surface area contributed by atoms with Gasteiger partial charge in [0, 0.05) is 29.4 Å². The third kappa shape index (κ3) is 3.98. The molecule has 4 nitrogen and oxygen atoms in total. The second-order valence-electron chi connectivity index (χ2n) is 7.54. The van der Waals surface area contributed by atoms with Crippen LogP contribution in [-0.4, -0.2) is 26.6 Å². The van der Waals surface area contributed by atoms with E-state index in [2.05, 4.69) is 5.10 Å². The Kier molecular flexibility index (Phi) is 4.99. The van der Waals surface area contributed by atoms with Gasteiger partial charge in [-0.2, -0.15) is 5.10 Å². The smallest absolute Gasteiger partial charge is 0.254 e. The van der Waals surface area contributed by atoms with Crippen LogP contribution in [0.5, 0.6) is 0 Å². The molecule has 1 aliphatic rings. The van der Waals surface area contributed by atoms with Crippen molar-refractivity contribution >= 4 is 5.91 Å². The van der Waals surface area contributed by atoms with E-state index in [9.17, 15) is 9.18 Å². The summed E-state index contributed by atoms with van der Waals surface area (Å²) >= 11 is 0. The summed E-state index contributed by atoms with van der Waals surface area (Å²) in [5.41, 5.74) is 4.40.